The van der Waals surface area contributed by atoms with E-state index in [1.165, 1.54) is 15.6 Å². The standard InChI is InChI=1S/C25H27N7O5S3/c1-3-16-4-6-19-17(11-16)12-23(27-19)40(35,36)31-8-9-32(18(14-31)5-7-22-29-37-39(34)30-22)25(33)24-28-20-10-15(2)26-13-21(20)38-24/h1,4,6,11-12,15,18,26-27H,5,7-10,13-14H2,2H3,(H,29,30). The number of nitrogens with one attached hydrogen (secondary N) is 3. The number of carbonyl (C=O) groups excluding carboxylic acids is 1. The number of H-pyrrole nitrogens is 1. The number of benzene rings is 1. The topological polar surface area (TPSA) is 149 Å². The SMILES string of the molecule is C#Cc1ccc2[nH]c(S(=O)(=O)N3CCN(C(=O)c4nc5c(s4)CNC(C)C5)C(CCC4=NS(=O)ON4)C3)cc2c1. The number of nitrogens with zero attached hydrogens (tertiary/aromatic N) is 4. The van der Waals surface area contributed by atoms with Gasteiger partial charge in [0.1, 0.15) is 10.9 Å². The number of amidine groups is 1. The van der Waals surface area contributed by atoms with E-state index < -0.39 is 27.3 Å². The highest BCUT2D eigenvalue weighted by atomic mass is 32.2. The summed E-state index contributed by atoms with van der Waals surface area (Å²) in [4.78, 5) is 24.1. The number of amides is 1. The lowest BCUT2D eigenvalue weighted by atomic mass is 10.1. The molecule has 40 heavy (non-hydrogen) atoms. The van der Waals surface area contributed by atoms with Crippen LogP contribution in [0.1, 0.15) is 45.7 Å². The summed E-state index contributed by atoms with van der Waals surface area (Å²) < 4.78 is 49.0. The maximum Gasteiger partial charge on any atom is 0.309 e. The van der Waals surface area contributed by atoms with Crippen LogP contribution in [0, 0.1) is 12.3 Å². The molecule has 15 heteroatoms. The van der Waals surface area contributed by atoms with Crippen molar-refractivity contribution >= 4 is 55.3 Å². The summed E-state index contributed by atoms with van der Waals surface area (Å²) in [5.41, 5.74) is 4.79. The van der Waals surface area contributed by atoms with Crippen molar-refractivity contribution in [3.05, 3.63) is 45.4 Å². The van der Waals surface area contributed by atoms with E-state index in [-0.39, 0.29) is 36.6 Å². The number of piperazine rings is 1. The number of aromatic amines is 1. The minimum atomic E-state index is -3.90. The van der Waals surface area contributed by atoms with E-state index in [0.717, 1.165) is 17.0 Å². The van der Waals surface area contributed by atoms with E-state index in [1.54, 1.807) is 29.2 Å². The van der Waals surface area contributed by atoms with Crippen LogP contribution in [0.25, 0.3) is 10.9 Å². The second kappa shape index (κ2) is 10.7. The predicted molar refractivity (Wildman–Crippen MR) is 151 cm³/mol. The molecule has 12 nitrogen and oxygen atoms in total. The van der Waals surface area contributed by atoms with Gasteiger partial charge in [0.05, 0.1) is 5.69 Å². The Morgan fingerprint density at radius 2 is 2.17 bits per heavy atom. The summed E-state index contributed by atoms with van der Waals surface area (Å²) in [6, 6.07) is 6.67. The fourth-order valence-electron chi connectivity index (χ4n) is 5.17. The highest BCUT2D eigenvalue weighted by Crippen LogP contribution is 2.29. The molecule has 5 heterocycles. The maximum atomic E-state index is 13.7. The van der Waals surface area contributed by atoms with Gasteiger partial charge in [0.2, 0.25) is 0 Å². The first-order valence-corrected chi connectivity index (χ1v) is 16.1. The fourth-order valence-corrected chi connectivity index (χ4v) is 8.16. The van der Waals surface area contributed by atoms with Crippen molar-refractivity contribution in [1.82, 2.24) is 30.0 Å². The summed E-state index contributed by atoms with van der Waals surface area (Å²) >= 11 is -0.421. The van der Waals surface area contributed by atoms with Crippen LogP contribution in [0.4, 0.5) is 0 Å². The normalized spacial score (nSPS) is 23.4. The Kier molecular flexibility index (Phi) is 7.23. The summed E-state index contributed by atoms with van der Waals surface area (Å²) in [6.07, 6.45) is 6.96. The van der Waals surface area contributed by atoms with Crippen molar-refractivity contribution in [3.63, 3.8) is 0 Å². The van der Waals surface area contributed by atoms with Crippen LogP contribution in [0.15, 0.2) is 33.7 Å². The van der Waals surface area contributed by atoms with Gasteiger partial charge in [0.25, 0.3) is 15.9 Å². The third kappa shape index (κ3) is 5.18. The average Bonchev–Trinajstić information content (AvgIpc) is 3.68. The third-order valence-electron chi connectivity index (χ3n) is 7.29. The van der Waals surface area contributed by atoms with Gasteiger partial charge in [0.15, 0.2) is 5.01 Å². The number of carbonyl (C=O) groups is 1. The molecule has 3 atom stereocenters. The number of terminal acetylenes is 1. The number of thiazole rings is 1. The molecule has 1 fully saturated rings. The van der Waals surface area contributed by atoms with Crippen molar-refractivity contribution in [3.8, 4) is 12.3 Å². The number of hydrogen-bond acceptors (Lipinski definition) is 9. The van der Waals surface area contributed by atoms with Gasteiger partial charge in [-0.3, -0.25) is 4.79 Å². The molecular weight excluding hydrogens is 575 g/mol. The molecule has 6 rings (SSSR count). The molecule has 0 spiro atoms. The van der Waals surface area contributed by atoms with Crippen LogP contribution < -0.4 is 10.8 Å². The van der Waals surface area contributed by atoms with Gasteiger partial charge in [-0.25, -0.2) is 23.1 Å². The molecule has 0 radical (unpaired) electrons. The quantitative estimate of drug-likeness (QED) is 0.360. The molecule has 3 aromatic rings. The van der Waals surface area contributed by atoms with E-state index in [2.05, 4.69) is 38.0 Å². The average molecular weight is 602 g/mol. The number of fused-ring (bicyclic) bond motifs is 2. The van der Waals surface area contributed by atoms with Crippen molar-refractivity contribution in [2.45, 2.75) is 49.8 Å². The van der Waals surface area contributed by atoms with Gasteiger partial charge in [0, 0.05) is 72.4 Å². The van der Waals surface area contributed by atoms with E-state index in [9.17, 15) is 17.4 Å². The first-order chi connectivity index (χ1) is 19.2. The zero-order valence-electron chi connectivity index (χ0n) is 21.5. The Morgan fingerprint density at radius 3 is 2.95 bits per heavy atom. The Hall–Kier alpha value is -3.13. The summed E-state index contributed by atoms with van der Waals surface area (Å²) in [5, 5.41) is 4.56. The maximum absolute atomic E-state index is 13.7. The molecular formula is C25H27N7O5S3. The molecule has 210 valence electrons. The first kappa shape index (κ1) is 27.1. The number of hydroxylamine groups is 1. The van der Waals surface area contributed by atoms with Crippen LogP contribution in [0.5, 0.6) is 0 Å². The predicted octanol–water partition coefficient (Wildman–Crippen LogP) is 1.45. The van der Waals surface area contributed by atoms with Gasteiger partial charge < -0.3 is 15.2 Å². The Morgan fingerprint density at radius 1 is 1.32 bits per heavy atom. The van der Waals surface area contributed by atoms with Crippen LogP contribution in [-0.2, 0) is 38.5 Å². The molecule has 0 saturated carbocycles. The minimum absolute atomic E-state index is 0.0649. The highest BCUT2D eigenvalue weighted by Gasteiger charge is 2.38. The summed E-state index contributed by atoms with van der Waals surface area (Å²) in [7, 11) is -3.90. The molecule has 1 aromatic carbocycles. The lowest BCUT2D eigenvalue weighted by molar-refractivity contribution is 0.0552. The Balaban J connectivity index is 1.26. The molecule has 1 saturated heterocycles. The molecule has 0 aliphatic carbocycles. The number of sulfonamides is 1. The van der Waals surface area contributed by atoms with Gasteiger partial charge in [-0.15, -0.1) is 22.2 Å². The zero-order chi connectivity index (χ0) is 28.0. The summed E-state index contributed by atoms with van der Waals surface area (Å²) in [5.74, 6) is 2.73. The van der Waals surface area contributed by atoms with Crippen LogP contribution in [-0.4, -0.2) is 75.3 Å². The highest BCUT2D eigenvalue weighted by molar-refractivity contribution is 7.89. The van der Waals surface area contributed by atoms with E-state index in [0.29, 0.717) is 46.7 Å². The fraction of sp³-hybridized carbons (Fsp3) is 0.400. The van der Waals surface area contributed by atoms with Crippen molar-refractivity contribution in [2.24, 2.45) is 4.40 Å². The number of rotatable bonds is 6. The van der Waals surface area contributed by atoms with Crippen LogP contribution >= 0.6 is 11.3 Å². The van der Waals surface area contributed by atoms with E-state index >= 15 is 0 Å². The Labute approximate surface area is 238 Å². The van der Waals surface area contributed by atoms with E-state index in [1.807, 2.05) is 0 Å². The lowest BCUT2D eigenvalue weighted by Gasteiger charge is -2.40. The minimum Gasteiger partial charge on any atom is -0.345 e. The second-order valence-corrected chi connectivity index (χ2v) is 13.7. The molecule has 3 N–H and O–H groups in total. The molecule has 3 aliphatic rings. The van der Waals surface area contributed by atoms with Crippen LogP contribution in [0.3, 0.4) is 0 Å². The van der Waals surface area contributed by atoms with Gasteiger partial charge in [-0.05, 0) is 37.6 Å². The molecule has 3 unspecified atom stereocenters. The zero-order valence-corrected chi connectivity index (χ0v) is 24.0. The molecule has 0 bridgehead atoms. The van der Waals surface area contributed by atoms with E-state index in [4.69, 9.17) is 10.7 Å². The van der Waals surface area contributed by atoms with Gasteiger partial charge in [-0.1, -0.05) is 5.92 Å². The van der Waals surface area contributed by atoms with Gasteiger partial charge in [-0.2, -0.15) is 8.59 Å². The number of hydrogen-bond donors (Lipinski definition) is 3. The number of aromatic nitrogens is 2. The smallest absolute Gasteiger partial charge is 0.309 e. The van der Waals surface area contributed by atoms with Crippen molar-refractivity contribution < 1.29 is 21.7 Å². The largest absolute Gasteiger partial charge is 0.345 e. The molecule has 2 aromatic heterocycles. The monoisotopic (exact) mass is 601 g/mol. The first-order valence-electron chi connectivity index (χ1n) is 12.8. The van der Waals surface area contributed by atoms with Crippen LogP contribution in [0.2, 0.25) is 0 Å². The van der Waals surface area contributed by atoms with Gasteiger partial charge >= 0.3 is 11.3 Å². The summed E-state index contributed by atoms with van der Waals surface area (Å²) in [6.45, 7) is 3.17. The van der Waals surface area contributed by atoms with Crippen molar-refractivity contribution in [1.29, 1.82) is 0 Å². The Bertz CT molecular complexity index is 1690. The second-order valence-electron chi connectivity index (χ2n) is 9.95. The molecule has 3 aliphatic heterocycles. The van der Waals surface area contributed by atoms with Crippen molar-refractivity contribution in [2.75, 3.05) is 19.6 Å². The third-order valence-corrected chi connectivity index (χ3v) is 10.8. The molecule has 1 amide bonds. The lowest BCUT2D eigenvalue weighted by Crippen LogP contribution is -2.56.